The highest BCUT2D eigenvalue weighted by atomic mass is 16.4. The molecule has 1 aliphatic carbocycles. The Bertz CT molecular complexity index is 180. The van der Waals surface area contributed by atoms with Gasteiger partial charge in [-0.1, -0.05) is 6.92 Å². The van der Waals surface area contributed by atoms with Gasteiger partial charge in [0, 0.05) is 0 Å². The van der Waals surface area contributed by atoms with E-state index in [0.29, 0.717) is 17.8 Å². The lowest BCUT2D eigenvalue weighted by Gasteiger charge is -2.07. The second-order valence-corrected chi connectivity index (χ2v) is 3.32. The SMILES string of the molecule is CC1[C@@H]2[C@@H](C(=O)O)NC[C@H]12. The van der Waals surface area contributed by atoms with Gasteiger partial charge in [-0.2, -0.15) is 0 Å². The zero-order valence-electron chi connectivity index (χ0n) is 5.87. The molecule has 3 nitrogen and oxygen atoms in total. The summed E-state index contributed by atoms with van der Waals surface area (Å²) < 4.78 is 0. The van der Waals surface area contributed by atoms with Crippen LogP contribution >= 0.6 is 0 Å². The summed E-state index contributed by atoms with van der Waals surface area (Å²) in [6.07, 6.45) is 0. The van der Waals surface area contributed by atoms with Crippen molar-refractivity contribution >= 4 is 5.97 Å². The van der Waals surface area contributed by atoms with Gasteiger partial charge in [-0.3, -0.25) is 4.79 Å². The summed E-state index contributed by atoms with van der Waals surface area (Å²) in [6.45, 7) is 3.04. The van der Waals surface area contributed by atoms with Gasteiger partial charge in [0.15, 0.2) is 0 Å². The predicted octanol–water partition coefficient (Wildman–Crippen LogP) is -0.0751. The second-order valence-electron chi connectivity index (χ2n) is 3.32. The molecule has 0 aromatic carbocycles. The minimum atomic E-state index is -0.683. The summed E-state index contributed by atoms with van der Waals surface area (Å²) in [5, 5.41) is 11.7. The summed E-state index contributed by atoms with van der Waals surface area (Å²) in [5.41, 5.74) is 0. The zero-order valence-corrected chi connectivity index (χ0v) is 5.87. The molecule has 0 bridgehead atoms. The number of carboxylic acid groups (broad SMARTS) is 1. The Morgan fingerprint density at radius 3 is 2.70 bits per heavy atom. The predicted molar refractivity (Wildman–Crippen MR) is 35.6 cm³/mol. The molecule has 1 unspecified atom stereocenters. The molecule has 4 atom stereocenters. The standard InChI is InChI=1S/C7H11NO2/c1-3-4-2-8-6(5(3)4)7(9)10/h3-6,8H,2H2,1H3,(H,9,10)/t3?,4-,5+,6+/m1/s1. The van der Waals surface area contributed by atoms with E-state index < -0.39 is 5.97 Å². The normalized spacial score (nSPS) is 50.5. The van der Waals surface area contributed by atoms with Crippen LogP contribution in [-0.2, 0) is 4.79 Å². The van der Waals surface area contributed by atoms with E-state index in [4.69, 9.17) is 5.11 Å². The van der Waals surface area contributed by atoms with E-state index in [0.717, 1.165) is 6.54 Å². The van der Waals surface area contributed by atoms with Crippen LogP contribution in [0.15, 0.2) is 0 Å². The molecule has 1 heterocycles. The third-order valence-electron chi connectivity index (χ3n) is 2.86. The Kier molecular flexibility index (Phi) is 1.06. The molecule has 3 heteroatoms. The van der Waals surface area contributed by atoms with Gasteiger partial charge in [0.2, 0.25) is 0 Å². The number of carboxylic acids is 1. The molecule has 1 saturated carbocycles. The Balaban J connectivity index is 2.07. The first-order chi connectivity index (χ1) is 4.72. The van der Waals surface area contributed by atoms with Gasteiger partial charge >= 0.3 is 5.97 Å². The molecule has 2 rings (SSSR count). The first-order valence-corrected chi connectivity index (χ1v) is 3.68. The molecular formula is C7H11NO2. The minimum Gasteiger partial charge on any atom is -0.480 e. The minimum absolute atomic E-state index is 0.250. The van der Waals surface area contributed by atoms with E-state index in [9.17, 15) is 4.79 Å². The van der Waals surface area contributed by atoms with E-state index in [2.05, 4.69) is 12.2 Å². The molecule has 1 saturated heterocycles. The lowest BCUT2D eigenvalue weighted by molar-refractivity contribution is -0.139. The maximum atomic E-state index is 10.5. The van der Waals surface area contributed by atoms with E-state index in [1.54, 1.807) is 0 Å². The van der Waals surface area contributed by atoms with Crippen LogP contribution in [-0.4, -0.2) is 23.7 Å². The first kappa shape index (κ1) is 6.16. The number of rotatable bonds is 1. The quantitative estimate of drug-likeness (QED) is 0.537. The molecule has 56 valence electrons. The van der Waals surface area contributed by atoms with Gasteiger partial charge in [0.05, 0.1) is 0 Å². The molecular weight excluding hydrogens is 130 g/mol. The van der Waals surface area contributed by atoms with Crippen molar-refractivity contribution in [2.24, 2.45) is 17.8 Å². The van der Waals surface area contributed by atoms with Crippen LogP contribution in [0.5, 0.6) is 0 Å². The van der Waals surface area contributed by atoms with Gasteiger partial charge in [-0.25, -0.2) is 0 Å². The average molecular weight is 141 g/mol. The number of fused-ring (bicyclic) bond motifs is 1. The van der Waals surface area contributed by atoms with E-state index in [1.165, 1.54) is 0 Å². The van der Waals surface area contributed by atoms with Crippen molar-refractivity contribution in [3.05, 3.63) is 0 Å². The molecule has 2 aliphatic rings. The Morgan fingerprint density at radius 1 is 1.70 bits per heavy atom. The molecule has 0 radical (unpaired) electrons. The Labute approximate surface area is 59.4 Å². The second kappa shape index (κ2) is 1.72. The zero-order chi connectivity index (χ0) is 7.30. The summed E-state index contributed by atoms with van der Waals surface area (Å²) >= 11 is 0. The number of aliphatic carboxylic acids is 1. The van der Waals surface area contributed by atoms with Crippen LogP contribution in [0, 0.1) is 17.8 Å². The number of piperidine rings is 1. The maximum Gasteiger partial charge on any atom is 0.321 e. The van der Waals surface area contributed by atoms with Gasteiger partial charge in [-0.05, 0) is 24.3 Å². The monoisotopic (exact) mass is 141 g/mol. The molecule has 0 spiro atoms. The molecule has 2 N–H and O–H groups in total. The van der Waals surface area contributed by atoms with Crippen LogP contribution < -0.4 is 5.32 Å². The molecule has 1 aliphatic heterocycles. The average Bonchev–Trinajstić information content (AvgIpc) is 2.42. The van der Waals surface area contributed by atoms with Crippen LogP contribution in [0.1, 0.15) is 6.92 Å². The Hall–Kier alpha value is -0.570. The lowest BCUT2D eigenvalue weighted by Crippen LogP contribution is -2.35. The fraction of sp³-hybridized carbons (Fsp3) is 0.857. The first-order valence-electron chi connectivity index (χ1n) is 3.68. The fourth-order valence-corrected chi connectivity index (χ4v) is 2.10. The third-order valence-corrected chi connectivity index (χ3v) is 2.86. The van der Waals surface area contributed by atoms with E-state index >= 15 is 0 Å². The third kappa shape index (κ3) is 0.611. The largest absolute Gasteiger partial charge is 0.480 e. The van der Waals surface area contributed by atoms with Crippen molar-refractivity contribution < 1.29 is 9.90 Å². The highest BCUT2D eigenvalue weighted by Crippen LogP contribution is 2.51. The number of nitrogens with one attached hydrogen (secondary N) is 1. The molecule has 10 heavy (non-hydrogen) atoms. The van der Waals surface area contributed by atoms with Crippen LogP contribution in [0.3, 0.4) is 0 Å². The molecule has 0 amide bonds. The van der Waals surface area contributed by atoms with Crippen molar-refractivity contribution in [3.63, 3.8) is 0 Å². The fourth-order valence-electron chi connectivity index (χ4n) is 2.10. The summed E-state index contributed by atoms with van der Waals surface area (Å²) in [5.74, 6) is 1.04. The highest BCUT2D eigenvalue weighted by Gasteiger charge is 2.57. The van der Waals surface area contributed by atoms with Crippen molar-refractivity contribution in [1.82, 2.24) is 5.32 Å². The van der Waals surface area contributed by atoms with Gasteiger partial charge in [0.25, 0.3) is 0 Å². The van der Waals surface area contributed by atoms with Crippen LogP contribution in [0.4, 0.5) is 0 Å². The number of hydrogen-bond acceptors (Lipinski definition) is 2. The van der Waals surface area contributed by atoms with Crippen molar-refractivity contribution in [1.29, 1.82) is 0 Å². The topological polar surface area (TPSA) is 49.3 Å². The maximum absolute atomic E-state index is 10.5. The molecule has 2 fully saturated rings. The van der Waals surface area contributed by atoms with E-state index in [-0.39, 0.29) is 6.04 Å². The number of hydrogen-bond donors (Lipinski definition) is 2. The van der Waals surface area contributed by atoms with Crippen molar-refractivity contribution in [2.45, 2.75) is 13.0 Å². The van der Waals surface area contributed by atoms with Gasteiger partial charge in [-0.15, -0.1) is 0 Å². The highest BCUT2D eigenvalue weighted by molar-refractivity contribution is 5.75. The number of carbonyl (C=O) groups is 1. The Morgan fingerprint density at radius 2 is 2.40 bits per heavy atom. The molecule has 0 aromatic heterocycles. The van der Waals surface area contributed by atoms with Crippen molar-refractivity contribution in [2.75, 3.05) is 6.54 Å². The van der Waals surface area contributed by atoms with E-state index in [1.807, 2.05) is 0 Å². The lowest BCUT2D eigenvalue weighted by atomic mass is 10.2. The van der Waals surface area contributed by atoms with Gasteiger partial charge < -0.3 is 10.4 Å². The van der Waals surface area contributed by atoms with Crippen LogP contribution in [0.2, 0.25) is 0 Å². The summed E-state index contributed by atoms with van der Waals surface area (Å²) in [6, 6.07) is -0.250. The summed E-state index contributed by atoms with van der Waals surface area (Å²) in [4.78, 5) is 10.5. The van der Waals surface area contributed by atoms with Gasteiger partial charge in [0.1, 0.15) is 6.04 Å². The van der Waals surface area contributed by atoms with Crippen molar-refractivity contribution in [3.8, 4) is 0 Å². The van der Waals surface area contributed by atoms with Crippen LogP contribution in [0.25, 0.3) is 0 Å². The summed E-state index contributed by atoms with van der Waals surface area (Å²) in [7, 11) is 0. The molecule has 0 aromatic rings. The smallest absolute Gasteiger partial charge is 0.321 e.